The van der Waals surface area contributed by atoms with E-state index in [1.807, 2.05) is 6.08 Å². The van der Waals surface area contributed by atoms with Crippen LogP contribution in [0.5, 0.6) is 0 Å². The zero-order valence-electron chi connectivity index (χ0n) is 45.0. The number of ether oxygens (including phenoxy) is 3. The van der Waals surface area contributed by atoms with Gasteiger partial charge in [0.2, 0.25) is 0 Å². The molecule has 0 N–H and O–H groups in total. The van der Waals surface area contributed by atoms with E-state index in [-0.39, 0.29) is 37.5 Å². The number of hydrogen-bond donors (Lipinski definition) is 0. The lowest BCUT2D eigenvalue weighted by atomic mass is 10.1. The van der Waals surface area contributed by atoms with Crippen molar-refractivity contribution in [3.8, 4) is 0 Å². The zero-order chi connectivity index (χ0) is 50.0. The van der Waals surface area contributed by atoms with Crippen LogP contribution in [0, 0.1) is 0 Å². The maximum Gasteiger partial charge on any atom is 0.306 e. The number of rotatable bonds is 51. The number of carbonyl (C=O) groups excluding carboxylic acids is 3. The second-order valence-corrected chi connectivity index (χ2v) is 18.8. The highest BCUT2D eigenvalue weighted by Crippen LogP contribution is 2.14. The highest BCUT2D eigenvalue weighted by molar-refractivity contribution is 5.71. The number of unbranched alkanes of at least 4 members (excludes halogenated alkanes) is 24. The molecule has 0 bridgehead atoms. The van der Waals surface area contributed by atoms with Gasteiger partial charge >= 0.3 is 17.9 Å². The lowest BCUT2D eigenvalue weighted by Crippen LogP contribution is -2.30. The molecule has 0 aliphatic rings. The topological polar surface area (TPSA) is 78.9 Å². The van der Waals surface area contributed by atoms with Crippen LogP contribution in [0.25, 0.3) is 0 Å². The van der Waals surface area contributed by atoms with Crippen LogP contribution < -0.4 is 0 Å². The molecule has 0 spiro atoms. The van der Waals surface area contributed by atoms with Crippen molar-refractivity contribution < 1.29 is 28.6 Å². The van der Waals surface area contributed by atoms with Gasteiger partial charge in [-0.15, -0.1) is 0 Å². The van der Waals surface area contributed by atoms with E-state index < -0.39 is 6.10 Å². The predicted molar refractivity (Wildman–Crippen MR) is 297 cm³/mol. The van der Waals surface area contributed by atoms with Crippen molar-refractivity contribution in [1.29, 1.82) is 0 Å². The van der Waals surface area contributed by atoms with Crippen LogP contribution in [0.2, 0.25) is 0 Å². The second kappa shape index (κ2) is 56.9. The SMILES string of the molecule is CC/C=C\C/C=C\C/C=C\C/C=C\C/C=C\C/C=C\CCC(=O)OCC(COC(=O)CCCCCCC/C=C\CCCCCCCC)OC(=O)CCCCCCCCC/C=C\CCCCCCCC. The van der Waals surface area contributed by atoms with Gasteiger partial charge in [0.1, 0.15) is 13.2 Å². The third-order valence-electron chi connectivity index (χ3n) is 12.1. The summed E-state index contributed by atoms with van der Waals surface area (Å²) >= 11 is 0. The molecule has 0 aromatic heterocycles. The van der Waals surface area contributed by atoms with Crippen LogP contribution in [-0.2, 0) is 28.6 Å². The van der Waals surface area contributed by atoms with Crippen molar-refractivity contribution >= 4 is 17.9 Å². The molecule has 0 amide bonds. The molecular formula is C63H106O6. The quantitative estimate of drug-likeness (QED) is 0.0262. The Morgan fingerprint density at radius 2 is 0.594 bits per heavy atom. The van der Waals surface area contributed by atoms with Crippen molar-refractivity contribution in [3.63, 3.8) is 0 Å². The molecule has 6 heteroatoms. The van der Waals surface area contributed by atoms with E-state index in [4.69, 9.17) is 14.2 Å². The fraction of sp³-hybridized carbons (Fsp3) is 0.698. The van der Waals surface area contributed by atoms with Gasteiger partial charge in [0.05, 0.1) is 0 Å². The summed E-state index contributed by atoms with van der Waals surface area (Å²) < 4.78 is 16.8. The van der Waals surface area contributed by atoms with E-state index in [9.17, 15) is 14.4 Å². The summed E-state index contributed by atoms with van der Waals surface area (Å²) in [5.74, 6) is -1.00. The van der Waals surface area contributed by atoms with E-state index in [2.05, 4.69) is 112 Å². The summed E-state index contributed by atoms with van der Waals surface area (Å²) in [6, 6.07) is 0. The molecular weight excluding hydrogens is 853 g/mol. The molecule has 1 unspecified atom stereocenters. The van der Waals surface area contributed by atoms with E-state index in [1.165, 1.54) is 128 Å². The van der Waals surface area contributed by atoms with Crippen molar-refractivity contribution in [2.75, 3.05) is 13.2 Å². The molecule has 0 aliphatic heterocycles. The number of esters is 3. The van der Waals surface area contributed by atoms with Gasteiger partial charge in [-0.1, -0.05) is 234 Å². The van der Waals surface area contributed by atoms with Crippen LogP contribution in [0.15, 0.2) is 97.2 Å². The van der Waals surface area contributed by atoms with Crippen LogP contribution in [0.4, 0.5) is 0 Å². The summed E-state index contributed by atoms with van der Waals surface area (Å²) in [6.45, 7) is 6.45. The summed E-state index contributed by atoms with van der Waals surface area (Å²) in [4.78, 5) is 38.1. The molecule has 0 aromatic rings. The fourth-order valence-corrected chi connectivity index (χ4v) is 7.75. The van der Waals surface area contributed by atoms with Crippen molar-refractivity contribution in [2.45, 2.75) is 271 Å². The molecule has 1 atom stereocenters. The maximum absolute atomic E-state index is 12.9. The first-order chi connectivity index (χ1) is 34.0. The molecule has 0 saturated heterocycles. The lowest BCUT2D eigenvalue weighted by molar-refractivity contribution is -0.166. The van der Waals surface area contributed by atoms with E-state index >= 15 is 0 Å². The van der Waals surface area contributed by atoms with Gasteiger partial charge in [-0.25, -0.2) is 0 Å². The van der Waals surface area contributed by atoms with Crippen LogP contribution in [-0.4, -0.2) is 37.2 Å². The van der Waals surface area contributed by atoms with Crippen molar-refractivity contribution in [2.24, 2.45) is 0 Å². The lowest BCUT2D eigenvalue weighted by Gasteiger charge is -2.18. The molecule has 0 radical (unpaired) electrons. The molecule has 0 aliphatic carbocycles. The Bertz CT molecular complexity index is 1380. The highest BCUT2D eigenvalue weighted by atomic mass is 16.6. The van der Waals surface area contributed by atoms with Crippen molar-refractivity contribution in [1.82, 2.24) is 0 Å². The number of allylic oxidation sites excluding steroid dienone is 16. The van der Waals surface area contributed by atoms with Gasteiger partial charge in [0.15, 0.2) is 6.10 Å². The summed E-state index contributed by atoms with van der Waals surface area (Å²) in [7, 11) is 0. The highest BCUT2D eigenvalue weighted by Gasteiger charge is 2.19. The largest absolute Gasteiger partial charge is 0.462 e. The summed E-state index contributed by atoms with van der Waals surface area (Å²) in [5.41, 5.74) is 0. The third-order valence-corrected chi connectivity index (χ3v) is 12.1. The Morgan fingerprint density at radius 1 is 0.304 bits per heavy atom. The maximum atomic E-state index is 12.9. The Kier molecular flexibility index (Phi) is 53.9. The van der Waals surface area contributed by atoms with Gasteiger partial charge in [-0.05, 0) is 109 Å². The van der Waals surface area contributed by atoms with Gasteiger partial charge in [-0.3, -0.25) is 14.4 Å². The molecule has 394 valence electrons. The number of carbonyl (C=O) groups is 3. The summed E-state index contributed by atoms with van der Waals surface area (Å²) in [6.07, 6.45) is 75.5. The Morgan fingerprint density at radius 3 is 0.971 bits per heavy atom. The first-order valence-electron chi connectivity index (χ1n) is 28.7. The van der Waals surface area contributed by atoms with Crippen LogP contribution >= 0.6 is 0 Å². The van der Waals surface area contributed by atoms with E-state index in [1.54, 1.807) is 0 Å². The van der Waals surface area contributed by atoms with Crippen LogP contribution in [0.3, 0.4) is 0 Å². The van der Waals surface area contributed by atoms with E-state index in [0.29, 0.717) is 19.3 Å². The average Bonchev–Trinajstić information content (AvgIpc) is 3.35. The molecule has 69 heavy (non-hydrogen) atoms. The van der Waals surface area contributed by atoms with Gasteiger partial charge in [0.25, 0.3) is 0 Å². The first kappa shape index (κ1) is 65.3. The zero-order valence-corrected chi connectivity index (χ0v) is 45.0. The monoisotopic (exact) mass is 959 g/mol. The van der Waals surface area contributed by atoms with Crippen LogP contribution in [0.1, 0.15) is 265 Å². The molecule has 0 rings (SSSR count). The number of hydrogen-bond acceptors (Lipinski definition) is 6. The predicted octanol–water partition coefficient (Wildman–Crippen LogP) is 19.3. The minimum Gasteiger partial charge on any atom is -0.462 e. The third kappa shape index (κ3) is 55.1. The summed E-state index contributed by atoms with van der Waals surface area (Å²) in [5, 5.41) is 0. The Balaban J connectivity index is 4.52. The second-order valence-electron chi connectivity index (χ2n) is 18.8. The van der Waals surface area contributed by atoms with Gasteiger partial charge < -0.3 is 14.2 Å². The first-order valence-corrected chi connectivity index (χ1v) is 28.7. The molecule has 0 heterocycles. The standard InChI is InChI=1S/C63H106O6/c1-4-7-10-13-16-19-22-25-28-30-31-33-35-38-41-44-47-50-53-56-62(65)68-59-60(58-67-61(64)55-52-49-46-43-40-37-34-27-24-21-18-15-12-9-6-3)69-63(66)57-54-51-48-45-42-39-36-32-29-26-23-20-17-14-11-8-5-2/h7,10,16,19,25-29,31,33-34,38,41,47,50,60H,4-6,8-9,11-15,17-18,20-24,30,32,35-37,39-40,42-46,48-49,51-59H2,1-3H3/b10-7-,19-16-,28-25-,29-26-,33-31-,34-27-,41-38-,50-47-. The van der Waals surface area contributed by atoms with Gasteiger partial charge in [0, 0.05) is 19.3 Å². The van der Waals surface area contributed by atoms with Gasteiger partial charge in [-0.2, -0.15) is 0 Å². The molecule has 0 fully saturated rings. The fourth-order valence-electron chi connectivity index (χ4n) is 7.75. The van der Waals surface area contributed by atoms with Crippen molar-refractivity contribution in [3.05, 3.63) is 97.2 Å². The Labute approximate surface area is 426 Å². The molecule has 0 saturated carbocycles. The molecule has 6 nitrogen and oxygen atoms in total. The minimum absolute atomic E-state index is 0.107. The normalized spacial score (nSPS) is 12.8. The minimum atomic E-state index is -0.815. The van der Waals surface area contributed by atoms with E-state index in [0.717, 1.165) is 89.9 Å². The smallest absolute Gasteiger partial charge is 0.306 e. The average molecular weight is 960 g/mol. The molecule has 0 aromatic carbocycles. The Hall–Kier alpha value is -3.67.